The number of nitrogens with zero attached hydrogens (tertiary/aromatic N) is 1. The average molecular weight is 657 g/mol. The summed E-state index contributed by atoms with van der Waals surface area (Å²) in [4.78, 5) is 29.0. The molecule has 5 rings (SSSR count). The molecule has 4 N–H and O–H groups in total. The lowest BCUT2D eigenvalue weighted by Gasteiger charge is -2.41. The Morgan fingerprint density at radius 3 is 2.38 bits per heavy atom. The Kier molecular flexibility index (Phi) is 10.1. The van der Waals surface area contributed by atoms with Crippen LogP contribution in [0.3, 0.4) is 0 Å². The summed E-state index contributed by atoms with van der Waals surface area (Å²) in [6, 6.07) is 13.0. The molecule has 0 unspecified atom stereocenters. The topological polar surface area (TPSA) is 138 Å². The first-order chi connectivity index (χ1) is 22.5. The highest BCUT2D eigenvalue weighted by Crippen LogP contribution is 2.51. The lowest BCUT2D eigenvalue weighted by molar-refractivity contribution is -0.137. The molecule has 0 fully saturated rings. The van der Waals surface area contributed by atoms with Gasteiger partial charge in [0.25, 0.3) is 5.91 Å². The number of benzene rings is 3. The second-order valence-electron chi connectivity index (χ2n) is 11.2. The summed E-state index contributed by atoms with van der Waals surface area (Å²) < 4.78 is 56.9. The first-order valence-corrected chi connectivity index (χ1v) is 14.9. The normalized spacial score (nSPS) is 20.0. The Morgan fingerprint density at radius 2 is 1.74 bits per heavy atom. The maximum atomic E-state index is 14.1. The summed E-state index contributed by atoms with van der Waals surface area (Å²) in [5.41, 5.74) is 0.915. The Morgan fingerprint density at radius 1 is 1.00 bits per heavy atom. The van der Waals surface area contributed by atoms with Gasteiger partial charge in [0.15, 0.2) is 11.5 Å². The zero-order valence-electron chi connectivity index (χ0n) is 25.7. The van der Waals surface area contributed by atoms with E-state index in [1.807, 2.05) is 6.07 Å². The third-order valence-electron chi connectivity index (χ3n) is 8.35. The molecule has 1 aliphatic carbocycles. The van der Waals surface area contributed by atoms with Crippen molar-refractivity contribution in [1.29, 1.82) is 0 Å². The van der Waals surface area contributed by atoms with Crippen molar-refractivity contribution in [1.82, 2.24) is 10.2 Å². The molecule has 0 bridgehead atoms. The van der Waals surface area contributed by atoms with E-state index in [0.29, 0.717) is 16.9 Å². The van der Waals surface area contributed by atoms with Gasteiger partial charge in [-0.2, -0.15) is 13.2 Å². The van der Waals surface area contributed by atoms with Gasteiger partial charge in [-0.15, -0.1) is 0 Å². The molecule has 0 aromatic heterocycles. The van der Waals surface area contributed by atoms with Crippen LogP contribution in [-0.2, 0) is 24.0 Å². The van der Waals surface area contributed by atoms with Crippen LogP contribution in [0, 0.1) is 0 Å². The van der Waals surface area contributed by atoms with E-state index in [2.05, 4.69) is 5.32 Å². The lowest BCUT2D eigenvalue weighted by Crippen LogP contribution is -2.56. The van der Waals surface area contributed by atoms with Crippen molar-refractivity contribution in [2.45, 2.75) is 43.4 Å². The minimum Gasteiger partial charge on any atom is -0.497 e. The number of carbonyl (C=O) groups excluding carboxylic acids is 2. The molecule has 47 heavy (non-hydrogen) atoms. The van der Waals surface area contributed by atoms with Gasteiger partial charge in [-0.1, -0.05) is 12.1 Å². The summed E-state index contributed by atoms with van der Waals surface area (Å²) in [7, 11) is 2.93. The number of rotatable bonds is 11. The summed E-state index contributed by atoms with van der Waals surface area (Å²) in [6.45, 7) is -0.743. The van der Waals surface area contributed by atoms with E-state index in [9.17, 15) is 38.1 Å². The van der Waals surface area contributed by atoms with Crippen LogP contribution in [0.1, 0.15) is 38.5 Å². The average Bonchev–Trinajstić information content (AvgIpc) is 3.47. The van der Waals surface area contributed by atoms with Crippen molar-refractivity contribution in [3.05, 3.63) is 100 Å². The molecule has 0 radical (unpaired) electrons. The third-order valence-corrected chi connectivity index (χ3v) is 8.35. The van der Waals surface area contributed by atoms with Gasteiger partial charge in [-0.3, -0.25) is 9.59 Å². The van der Waals surface area contributed by atoms with E-state index in [1.54, 1.807) is 30.3 Å². The Bertz CT molecular complexity index is 1640. The minimum absolute atomic E-state index is 0.000887. The molecule has 3 aromatic rings. The van der Waals surface area contributed by atoms with Crippen molar-refractivity contribution >= 4 is 11.8 Å². The molecule has 0 saturated carbocycles. The number of halogens is 3. The summed E-state index contributed by atoms with van der Waals surface area (Å²) in [6.07, 6.45) is -5.36. The number of alkyl halides is 3. The van der Waals surface area contributed by atoms with Crippen molar-refractivity contribution in [2.24, 2.45) is 0 Å². The fourth-order valence-electron chi connectivity index (χ4n) is 6.05. The molecular formula is C34H35F3N2O8. The number of hydrogen-bond acceptors (Lipinski definition) is 8. The first kappa shape index (κ1) is 33.8. The molecular weight excluding hydrogens is 621 g/mol. The van der Waals surface area contributed by atoms with Gasteiger partial charge >= 0.3 is 6.18 Å². The zero-order valence-corrected chi connectivity index (χ0v) is 25.7. The highest BCUT2D eigenvalue weighted by Gasteiger charge is 2.51. The van der Waals surface area contributed by atoms with Crippen LogP contribution in [-0.4, -0.2) is 84.2 Å². The monoisotopic (exact) mass is 656 g/mol. The largest absolute Gasteiger partial charge is 0.497 e. The number of methoxy groups -OCH3 is 2. The predicted octanol–water partition coefficient (Wildman–Crippen LogP) is 3.22. The summed E-state index contributed by atoms with van der Waals surface area (Å²) in [5.74, 6) is -0.971. The maximum absolute atomic E-state index is 14.1. The summed E-state index contributed by atoms with van der Waals surface area (Å²) >= 11 is 0. The van der Waals surface area contributed by atoms with Crippen LogP contribution in [0.2, 0.25) is 0 Å². The van der Waals surface area contributed by atoms with E-state index in [0.717, 1.165) is 29.8 Å². The molecule has 13 heteroatoms. The lowest BCUT2D eigenvalue weighted by atomic mass is 9.77. The number of aliphatic hydroxyl groups excluding tert-OH is 3. The van der Waals surface area contributed by atoms with E-state index in [1.165, 1.54) is 25.2 Å². The smallest absolute Gasteiger partial charge is 0.416 e. The van der Waals surface area contributed by atoms with Gasteiger partial charge in [0.1, 0.15) is 18.0 Å². The maximum Gasteiger partial charge on any atom is 0.416 e. The van der Waals surface area contributed by atoms with Crippen molar-refractivity contribution in [3.8, 4) is 17.2 Å². The quantitative estimate of drug-likeness (QED) is 0.247. The number of hydrogen-bond donors (Lipinski definition) is 4. The molecule has 0 saturated heterocycles. The van der Waals surface area contributed by atoms with Crippen molar-refractivity contribution in [2.75, 3.05) is 33.9 Å². The van der Waals surface area contributed by atoms with Crippen LogP contribution in [0.15, 0.2) is 72.3 Å². The van der Waals surface area contributed by atoms with Crippen LogP contribution >= 0.6 is 0 Å². The molecule has 0 spiro atoms. The predicted molar refractivity (Wildman–Crippen MR) is 163 cm³/mol. The van der Waals surface area contributed by atoms with Gasteiger partial charge < -0.3 is 39.7 Å². The number of ether oxygens (including phenoxy) is 3. The van der Waals surface area contributed by atoms with Crippen molar-refractivity contribution < 1.29 is 52.3 Å². The number of carbonyl (C=O) groups is 2. The SMILES string of the molecule is COc1cccc(CCN(C(=O)c2ccc(C(F)(F)F)cc2)[C@@H]2C=C(C(=O)NCCO)[C@@H]3c4cc(CO)cc(OC)c4O[C@@H]3[C@H]2O)c1. The highest BCUT2D eigenvalue weighted by molar-refractivity contribution is 5.97. The molecule has 250 valence electrons. The Balaban J connectivity index is 1.59. The fourth-order valence-corrected chi connectivity index (χ4v) is 6.05. The van der Waals surface area contributed by atoms with Crippen LogP contribution in [0.25, 0.3) is 0 Å². The second-order valence-corrected chi connectivity index (χ2v) is 11.2. The Hall–Kier alpha value is -4.59. The van der Waals surface area contributed by atoms with E-state index < -0.39 is 47.7 Å². The molecule has 3 aromatic carbocycles. The van der Waals surface area contributed by atoms with Gasteiger partial charge in [0.2, 0.25) is 5.91 Å². The molecule has 4 atom stereocenters. The van der Waals surface area contributed by atoms with Crippen LogP contribution in [0.4, 0.5) is 13.2 Å². The standard InChI is InChI=1S/C34H35F3N2O8/c1-45-23-5-3-4-19(14-23)10-12-39(33(44)21-6-8-22(9-7-21)34(35,36)37)26-17-25(32(43)38-11-13-40)28-24-15-20(18-41)16-27(46-2)30(24)47-31(28)29(26)42/h3-9,14-17,26,28-29,31,40-42H,10-13,18H2,1-2H3,(H,38,43)/t26-,28+,29+,31+/m1/s1. The number of nitrogens with one attached hydrogen (secondary N) is 1. The van der Waals surface area contributed by atoms with E-state index >= 15 is 0 Å². The molecule has 2 amide bonds. The Labute approximate surface area is 269 Å². The highest BCUT2D eigenvalue weighted by atomic mass is 19.4. The second kappa shape index (κ2) is 14.0. The van der Waals surface area contributed by atoms with Gasteiger partial charge in [0, 0.05) is 29.8 Å². The van der Waals surface area contributed by atoms with Gasteiger partial charge in [-0.05, 0) is 72.2 Å². The van der Waals surface area contributed by atoms with Crippen LogP contribution in [0.5, 0.6) is 17.2 Å². The van der Waals surface area contributed by atoms with Gasteiger partial charge in [-0.25, -0.2) is 0 Å². The third kappa shape index (κ3) is 6.92. The molecule has 1 aliphatic heterocycles. The molecule has 10 nitrogen and oxygen atoms in total. The number of fused-ring (bicyclic) bond motifs is 3. The van der Waals surface area contributed by atoms with Gasteiger partial charge in [0.05, 0.1) is 45.0 Å². The van der Waals surface area contributed by atoms with Crippen molar-refractivity contribution in [3.63, 3.8) is 0 Å². The fraction of sp³-hybridized carbons (Fsp3) is 0.353. The van der Waals surface area contributed by atoms with E-state index in [-0.39, 0.29) is 55.4 Å². The minimum atomic E-state index is -4.60. The first-order valence-electron chi connectivity index (χ1n) is 14.9. The zero-order chi connectivity index (χ0) is 33.9. The number of amides is 2. The van der Waals surface area contributed by atoms with E-state index in [4.69, 9.17) is 14.2 Å². The molecule has 2 aliphatic rings. The molecule has 1 heterocycles. The summed E-state index contributed by atoms with van der Waals surface area (Å²) in [5, 5.41) is 33.8. The number of aliphatic hydroxyl groups is 3. The van der Waals surface area contributed by atoms with Crippen LogP contribution < -0.4 is 19.5 Å².